The summed E-state index contributed by atoms with van der Waals surface area (Å²) in [7, 11) is 0. The number of nitrogens with two attached hydrogens (primary N) is 1. The molecule has 0 saturated carbocycles. The van der Waals surface area contributed by atoms with Gasteiger partial charge >= 0.3 is 0 Å². The Kier molecular flexibility index (Phi) is 4.94. The van der Waals surface area contributed by atoms with E-state index >= 15 is 0 Å². The zero-order chi connectivity index (χ0) is 7.94. The second-order valence-corrected chi connectivity index (χ2v) is 3.52. The fourth-order valence-corrected chi connectivity index (χ4v) is 1.73. The van der Waals surface area contributed by atoms with E-state index in [0.29, 0.717) is 0 Å². The average molecular weight is 175 g/mol. The predicted molar refractivity (Wildman–Crippen MR) is 50.0 cm³/mol. The van der Waals surface area contributed by atoms with E-state index < -0.39 is 0 Å². The van der Waals surface area contributed by atoms with E-state index in [1.165, 1.54) is 44.5 Å². The minimum atomic E-state index is 0.913. The summed E-state index contributed by atoms with van der Waals surface area (Å²) in [5.41, 5.74) is 0. The summed E-state index contributed by atoms with van der Waals surface area (Å²) >= 11 is 1.22. The number of hydrogen-bond acceptors (Lipinski definition) is 4. The fraction of sp³-hybridized carbons (Fsp3) is 1.00. The molecule has 11 heavy (non-hydrogen) atoms. The molecule has 0 aliphatic carbocycles. The van der Waals surface area contributed by atoms with Crippen LogP contribution in [0.4, 0.5) is 0 Å². The van der Waals surface area contributed by atoms with Crippen LogP contribution in [0.3, 0.4) is 0 Å². The Labute approximate surface area is 72.8 Å². The maximum absolute atomic E-state index is 5.24. The molecule has 0 bridgehead atoms. The van der Waals surface area contributed by atoms with Crippen molar-refractivity contribution < 1.29 is 0 Å². The Morgan fingerprint density at radius 3 is 2.82 bits per heavy atom. The van der Waals surface area contributed by atoms with Crippen LogP contribution in [0.1, 0.15) is 19.3 Å². The number of piperidine rings is 1. The maximum Gasteiger partial charge on any atom is 0.00730 e. The van der Waals surface area contributed by atoms with Crippen LogP contribution in [0.2, 0.25) is 0 Å². The quantitative estimate of drug-likeness (QED) is 0.430. The van der Waals surface area contributed by atoms with Gasteiger partial charge in [-0.1, -0.05) is 0 Å². The van der Waals surface area contributed by atoms with E-state index in [2.05, 4.69) is 10.0 Å². The molecule has 1 aliphatic rings. The molecule has 1 rings (SSSR count). The summed E-state index contributed by atoms with van der Waals surface area (Å²) < 4.78 is 3.07. The van der Waals surface area contributed by atoms with Crippen LogP contribution in [0, 0.1) is 5.92 Å². The summed E-state index contributed by atoms with van der Waals surface area (Å²) in [6.07, 6.45) is 3.93. The summed E-state index contributed by atoms with van der Waals surface area (Å²) in [6.45, 7) is 3.44. The van der Waals surface area contributed by atoms with Gasteiger partial charge in [-0.15, -0.1) is 0 Å². The van der Waals surface area contributed by atoms with Gasteiger partial charge in [0.25, 0.3) is 0 Å². The molecule has 4 heteroatoms. The van der Waals surface area contributed by atoms with Crippen molar-refractivity contribution in [1.82, 2.24) is 10.0 Å². The monoisotopic (exact) mass is 175 g/mol. The first-order valence-corrected chi connectivity index (χ1v) is 5.10. The van der Waals surface area contributed by atoms with E-state index in [4.69, 9.17) is 5.14 Å². The van der Waals surface area contributed by atoms with Crippen LogP contribution < -0.4 is 15.2 Å². The zero-order valence-electron chi connectivity index (χ0n) is 6.81. The molecule has 1 heterocycles. The normalized spacial score (nSPS) is 20.5. The first kappa shape index (κ1) is 9.32. The van der Waals surface area contributed by atoms with Gasteiger partial charge in [-0.25, -0.2) is 0 Å². The average Bonchev–Trinajstić information content (AvgIpc) is 2.07. The van der Waals surface area contributed by atoms with E-state index in [9.17, 15) is 0 Å². The highest BCUT2D eigenvalue weighted by Gasteiger charge is 2.11. The lowest BCUT2D eigenvalue weighted by Gasteiger charge is -2.22. The third kappa shape index (κ3) is 3.96. The van der Waals surface area contributed by atoms with Gasteiger partial charge in [0, 0.05) is 18.7 Å². The zero-order valence-corrected chi connectivity index (χ0v) is 7.62. The van der Waals surface area contributed by atoms with Crippen LogP contribution in [-0.2, 0) is 0 Å². The first-order valence-electron chi connectivity index (χ1n) is 4.23. The molecule has 0 aromatic heterocycles. The van der Waals surface area contributed by atoms with Crippen molar-refractivity contribution in [1.29, 1.82) is 0 Å². The molecule has 0 unspecified atom stereocenters. The van der Waals surface area contributed by atoms with Crippen molar-refractivity contribution in [3.8, 4) is 0 Å². The molecule has 0 spiro atoms. The standard InChI is InChI=1S/C7H17N3S/c8-11-10-6-3-7-1-4-9-5-2-7/h7,9-10H,1-6,8H2. The molecule has 1 aliphatic heterocycles. The summed E-state index contributed by atoms with van der Waals surface area (Å²) in [5, 5.41) is 8.59. The molecular formula is C7H17N3S. The van der Waals surface area contributed by atoms with Crippen molar-refractivity contribution in [3.05, 3.63) is 0 Å². The summed E-state index contributed by atoms with van der Waals surface area (Å²) in [5.74, 6) is 0.913. The summed E-state index contributed by atoms with van der Waals surface area (Å²) in [6, 6.07) is 0. The smallest absolute Gasteiger partial charge is 0.00730 e. The number of nitrogens with one attached hydrogen (secondary N) is 2. The van der Waals surface area contributed by atoms with Gasteiger partial charge in [0.05, 0.1) is 0 Å². The van der Waals surface area contributed by atoms with Gasteiger partial charge in [0.1, 0.15) is 0 Å². The Hall–Kier alpha value is 0.230. The van der Waals surface area contributed by atoms with Gasteiger partial charge in [0.15, 0.2) is 0 Å². The Balaban J connectivity index is 1.96. The fourth-order valence-electron chi connectivity index (χ4n) is 1.49. The number of rotatable bonds is 4. The second-order valence-electron chi connectivity index (χ2n) is 2.99. The molecule has 4 N–H and O–H groups in total. The molecule has 0 radical (unpaired) electrons. The Morgan fingerprint density at radius 2 is 2.18 bits per heavy atom. The van der Waals surface area contributed by atoms with Crippen LogP contribution >= 0.6 is 12.1 Å². The molecule has 3 nitrogen and oxygen atoms in total. The van der Waals surface area contributed by atoms with Crippen molar-refractivity contribution >= 4 is 12.1 Å². The van der Waals surface area contributed by atoms with Gasteiger partial charge in [-0.2, -0.15) is 0 Å². The van der Waals surface area contributed by atoms with Crippen LogP contribution in [0.15, 0.2) is 0 Å². The highest BCUT2D eigenvalue weighted by molar-refractivity contribution is 7.95. The minimum absolute atomic E-state index is 0.913. The lowest BCUT2D eigenvalue weighted by molar-refractivity contribution is 0.356. The molecule has 0 aromatic carbocycles. The third-order valence-corrected chi connectivity index (χ3v) is 2.57. The molecule has 1 saturated heterocycles. The molecular weight excluding hydrogens is 158 g/mol. The lowest BCUT2D eigenvalue weighted by atomic mass is 9.95. The van der Waals surface area contributed by atoms with Gasteiger partial charge < -0.3 is 5.32 Å². The molecule has 0 aromatic rings. The SMILES string of the molecule is NSNCCC1CCNCC1. The lowest BCUT2D eigenvalue weighted by Crippen LogP contribution is -2.29. The minimum Gasteiger partial charge on any atom is -0.317 e. The third-order valence-electron chi connectivity index (χ3n) is 2.20. The Bertz CT molecular complexity index is 93.7. The summed E-state index contributed by atoms with van der Waals surface area (Å²) in [4.78, 5) is 0. The van der Waals surface area contributed by atoms with Crippen molar-refractivity contribution in [3.63, 3.8) is 0 Å². The maximum atomic E-state index is 5.24. The highest BCUT2D eigenvalue weighted by Crippen LogP contribution is 2.14. The van der Waals surface area contributed by atoms with E-state index in [1.54, 1.807) is 0 Å². The first-order chi connectivity index (χ1) is 5.43. The topological polar surface area (TPSA) is 50.1 Å². The van der Waals surface area contributed by atoms with E-state index in [-0.39, 0.29) is 0 Å². The van der Waals surface area contributed by atoms with Gasteiger partial charge in [0.2, 0.25) is 0 Å². The van der Waals surface area contributed by atoms with Crippen molar-refractivity contribution in [2.75, 3.05) is 19.6 Å². The second kappa shape index (κ2) is 5.83. The van der Waals surface area contributed by atoms with E-state index in [0.717, 1.165) is 12.5 Å². The van der Waals surface area contributed by atoms with Crippen molar-refractivity contribution in [2.24, 2.45) is 11.1 Å². The molecule has 1 fully saturated rings. The van der Waals surface area contributed by atoms with Gasteiger partial charge in [-0.05, 0) is 38.3 Å². The largest absolute Gasteiger partial charge is 0.317 e. The van der Waals surface area contributed by atoms with Crippen LogP contribution in [-0.4, -0.2) is 19.6 Å². The van der Waals surface area contributed by atoms with Crippen LogP contribution in [0.25, 0.3) is 0 Å². The highest BCUT2D eigenvalue weighted by atomic mass is 32.2. The van der Waals surface area contributed by atoms with Crippen molar-refractivity contribution in [2.45, 2.75) is 19.3 Å². The van der Waals surface area contributed by atoms with E-state index in [1.807, 2.05) is 0 Å². The molecule has 66 valence electrons. The van der Waals surface area contributed by atoms with Crippen LogP contribution in [0.5, 0.6) is 0 Å². The van der Waals surface area contributed by atoms with Gasteiger partial charge in [-0.3, -0.25) is 9.86 Å². The number of hydrogen-bond donors (Lipinski definition) is 3. The Morgan fingerprint density at radius 1 is 1.45 bits per heavy atom. The predicted octanol–water partition coefficient (Wildman–Crippen LogP) is 0.488. The molecule has 0 atom stereocenters. The molecule has 0 amide bonds.